The number of piperidine rings is 1. The number of carbonyl (C=O) groups excluding carboxylic acids is 1. The summed E-state index contributed by atoms with van der Waals surface area (Å²) >= 11 is 1.57. The second-order valence-corrected chi connectivity index (χ2v) is 7.17. The minimum absolute atomic E-state index is 0.0138. The summed E-state index contributed by atoms with van der Waals surface area (Å²) in [4.78, 5) is 26.7. The lowest BCUT2D eigenvalue weighted by Crippen LogP contribution is -2.41. The molecule has 1 fully saturated rings. The lowest BCUT2D eigenvalue weighted by molar-refractivity contribution is 0.0696. The second kappa shape index (κ2) is 6.87. The van der Waals surface area contributed by atoms with Crippen LogP contribution >= 0.6 is 11.3 Å². The predicted octanol–water partition coefficient (Wildman–Crippen LogP) is 2.52. The lowest BCUT2D eigenvalue weighted by atomic mass is 9.97. The zero-order valence-electron chi connectivity index (χ0n) is 14.3. The van der Waals surface area contributed by atoms with E-state index in [0.29, 0.717) is 24.9 Å². The van der Waals surface area contributed by atoms with Crippen molar-refractivity contribution >= 4 is 17.2 Å². The summed E-state index contributed by atoms with van der Waals surface area (Å²) in [6.07, 6.45) is 3.35. The first-order valence-electron chi connectivity index (χ1n) is 8.44. The Bertz CT molecular complexity index is 976. The highest BCUT2D eigenvalue weighted by Crippen LogP contribution is 2.29. The Morgan fingerprint density at radius 3 is 3.04 bits per heavy atom. The van der Waals surface area contributed by atoms with Gasteiger partial charge >= 0.3 is 0 Å². The quantitative estimate of drug-likeness (QED) is 0.708. The van der Waals surface area contributed by atoms with Crippen molar-refractivity contribution in [2.75, 3.05) is 13.1 Å². The van der Waals surface area contributed by atoms with E-state index in [1.165, 1.54) is 4.57 Å². The van der Waals surface area contributed by atoms with Crippen LogP contribution in [0, 0.1) is 0 Å². The number of carbonyl (C=O) groups is 1. The molecule has 0 N–H and O–H groups in total. The summed E-state index contributed by atoms with van der Waals surface area (Å²) in [5.41, 5.74) is 0.822. The van der Waals surface area contributed by atoms with Gasteiger partial charge in [0.2, 0.25) is 11.8 Å². The Kier molecular flexibility index (Phi) is 4.42. The standard InChI is InChI=1S/C18H18N4O3S/c1-21-7-3-5-14(17(21)23)18(24)22-8-2-4-12(10-22)15-19-20-16(25-15)13-6-9-26-11-13/h3,5-7,9,11-12H,2,4,8,10H2,1H3. The number of hydrogen-bond donors (Lipinski definition) is 0. The molecule has 1 amide bonds. The van der Waals surface area contributed by atoms with Crippen molar-refractivity contribution in [1.82, 2.24) is 19.7 Å². The molecule has 0 aliphatic carbocycles. The molecule has 134 valence electrons. The van der Waals surface area contributed by atoms with E-state index in [9.17, 15) is 9.59 Å². The largest absolute Gasteiger partial charge is 0.420 e. The van der Waals surface area contributed by atoms with Crippen LogP contribution in [0.3, 0.4) is 0 Å². The van der Waals surface area contributed by atoms with Crippen molar-refractivity contribution in [2.24, 2.45) is 7.05 Å². The fourth-order valence-electron chi connectivity index (χ4n) is 3.20. The smallest absolute Gasteiger partial charge is 0.263 e. The number of rotatable bonds is 3. The van der Waals surface area contributed by atoms with Crippen LogP contribution < -0.4 is 5.56 Å². The van der Waals surface area contributed by atoms with Crippen molar-refractivity contribution in [1.29, 1.82) is 0 Å². The predicted molar refractivity (Wildman–Crippen MR) is 97.2 cm³/mol. The van der Waals surface area contributed by atoms with Crippen LogP contribution in [0.2, 0.25) is 0 Å². The summed E-state index contributed by atoms with van der Waals surface area (Å²) in [5, 5.41) is 12.2. The van der Waals surface area contributed by atoms with Crippen LogP contribution in [0.1, 0.15) is 35.0 Å². The van der Waals surface area contributed by atoms with E-state index in [1.807, 2.05) is 16.8 Å². The molecule has 1 aliphatic heterocycles. The van der Waals surface area contributed by atoms with E-state index in [0.717, 1.165) is 18.4 Å². The monoisotopic (exact) mass is 370 g/mol. The number of aromatic nitrogens is 3. The van der Waals surface area contributed by atoms with E-state index < -0.39 is 0 Å². The summed E-state index contributed by atoms with van der Waals surface area (Å²) in [7, 11) is 1.64. The topological polar surface area (TPSA) is 81.2 Å². The highest BCUT2D eigenvalue weighted by molar-refractivity contribution is 7.08. The first-order valence-corrected chi connectivity index (χ1v) is 9.38. The van der Waals surface area contributed by atoms with Gasteiger partial charge in [0.15, 0.2) is 0 Å². The highest BCUT2D eigenvalue weighted by atomic mass is 32.1. The van der Waals surface area contributed by atoms with E-state index in [-0.39, 0.29) is 22.9 Å². The van der Waals surface area contributed by atoms with Crippen LogP contribution in [0.25, 0.3) is 11.5 Å². The Balaban J connectivity index is 1.53. The van der Waals surface area contributed by atoms with Crippen LogP contribution in [0.4, 0.5) is 0 Å². The Morgan fingerprint density at radius 1 is 1.35 bits per heavy atom. The zero-order valence-corrected chi connectivity index (χ0v) is 15.1. The highest BCUT2D eigenvalue weighted by Gasteiger charge is 2.30. The number of hydrogen-bond acceptors (Lipinski definition) is 6. The van der Waals surface area contributed by atoms with Crippen molar-refractivity contribution in [3.8, 4) is 11.5 Å². The molecule has 7 nitrogen and oxygen atoms in total. The second-order valence-electron chi connectivity index (χ2n) is 6.39. The molecule has 1 atom stereocenters. The van der Waals surface area contributed by atoms with Gasteiger partial charge in [0.05, 0.1) is 5.92 Å². The minimum Gasteiger partial charge on any atom is -0.420 e. The average Bonchev–Trinajstić information content (AvgIpc) is 3.35. The number of amides is 1. The van der Waals surface area contributed by atoms with Crippen LogP contribution in [-0.2, 0) is 7.05 Å². The maximum absolute atomic E-state index is 12.8. The van der Waals surface area contributed by atoms with Crippen LogP contribution in [0.15, 0.2) is 44.4 Å². The Labute approximate surface area is 153 Å². The summed E-state index contributed by atoms with van der Waals surface area (Å²) in [6.45, 7) is 1.10. The number of likely N-dealkylation sites (tertiary alicyclic amines) is 1. The molecular formula is C18H18N4O3S. The third-order valence-corrected chi connectivity index (χ3v) is 5.30. The zero-order chi connectivity index (χ0) is 18.1. The van der Waals surface area contributed by atoms with Gasteiger partial charge < -0.3 is 13.9 Å². The molecular weight excluding hydrogens is 352 g/mol. The van der Waals surface area contributed by atoms with Gasteiger partial charge in [-0.1, -0.05) is 0 Å². The van der Waals surface area contributed by atoms with Gasteiger partial charge in [0, 0.05) is 37.3 Å². The molecule has 8 heteroatoms. The first kappa shape index (κ1) is 16.7. The molecule has 1 aliphatic rings. The summed E-state index contributed by atoms with van der Waals surface area (Å²) < 4.78 is 7.24. The molecule has 3 aromatic heterocycles. The van der Waals surface area contributed by atoms with Crippen LogP contribution in [0.5, 0.6) is 0 Å². The molecule has 0 aromatic carbocycles. The van der Waals surface area contributed by atoms with Gasteiger partial charge in [-0.25, -0.2) is 0 Å². The fourth-order valence-corrected chi connectivity index (χ4v) is 3.83. The molecule has 0 saturated carbocycles. The van der Waals surface area contributed by atoms with Crippen molar-refractivity contribution < 1.29 is 9.21 Å². The van der Waals surface area contributed by atoms with Gasteiger partial charge in [-0.3, -0.25) is 9.59 Å². The number of thiophene rings is 1. The van der Waals surface area contributed by atoms with Gasteiger partial charge in [0.25, 0.3) is 11.5 Å². The molecule has 4 rings (SSSR count). The Hall–Kier alpha value is -2.74. The van der Waals surface area contributed by atoms with E-state index in [2.05, 4.69) is 10.2 Å². The minimum atomic E-state index is -0.280. The first-order chi connectivity index (χ1) is 12.6. The maximum Gasteiger partial charge on any atom is 0.263 e. The SMILES string of the molecule is Cn1cccc(C(=O)N2CCCC(c3nnc(-c4ccsc4)o3)C2)c1=O. The number of nitrogens with zero attached hydrogens (tertiary/aromatic N) is 4. The van der Waals surface area contributed by atoms with Crippen molar-refractivity contribution in [2.45, 2.75) is 18.8 Å². The lowest BCUT2D eigenvalue weighted by Gasteiger charge is -2.31. The maximum atomic E-state index is 12.8. The fraction of sp³-hybridized carbons (Fsp3) is 0.333. The molecule has 1 saturated heterocycles. The summed E-state index contributed by atoms with van der Waals surface area (Å²) in [5.74, 6) is 0.792. The van der Waals surface area contributed by atoms with E-state index in [1.54, 1.807) is 41.6 Å². The molecule has 26 heavy (non-hydrogen) atoms. The molecule has 0 bridgehead atoms. The third kappa shape index (κ3) is 3.08. The average molecular weight is 370 g/mol. The normalized spacial score (nSPS) is 17.4. The van der Waals surface area contributed by atoms with Crippen molar-refractivity contribution in [3.63, 3.8) is 0 Å². The number of pyridine rings is 1. The number of aryl methyl sites for hydroxylation is 1. The van der Waals surface area contributed by atoms with Crippen LogP contribution in [-0.4, -0.2) is 38.7 Å². The van der Waals surface area contributed by atoms with Gasteiger partial charge in [0.1, 0.15) is 5.56 Å². The summed E-state index contributed by atoms with van der Waals surface area (Å²) in [6, 6.07) is 5.22. The van der Waals surface area contributed by atoms with Crippen molar-refractivity contribution in [3.05, 3.63) is 57.0 Å². The molecule has 0 radical (unpaired) electrons. The van der Waals surface area contributed by atoms with Gasteiger partial charge in [-0.2, -0.15) is 11.3 Å². The third-order valence-electron chi connectivity index (χ3n) is 4.62. The van der Waals surface area contributed by atoms with Gasteiger partial charge in [-0.05, 0) is 36.4 Å². The molecule has 1 unspecified atom stereocenters. The molecule has 3 aromatic rings. The van der Waals surface area contributed by atoms with Gasteiger partial charge in [-0.15, -0.1) is 10.2 Å². The Morgan fingerprint density at radius 2 is 2.23 bits per heavy atom. The molecule has 4 heterocycles. The molecule has 0 spiro atoms. The van der Waals surface area contributed by atoms with E-state index >= 15 is 0 Å². The van der Waals surface area contributed by atoms with E-state index in [4.69, 9.17) is 4.42 Å².